The van der Waals surface area contributed by atoms with Crippen molar-refractivity contribution in [2.24, 2.45) is 0 Å². The lowest BCUT2D eigenvalue weighted by Crippen LogP contribution is -2.41. The van der Waals surface area contributed by atoms with E-state index in [-0.39, 0.29) is 47.7 Å². The summed E-state index contributed by atoms with van der Waals surface area (Å²) in [5.41, 5.74) is 5.08. The van der Waals surface area contributed by atoms with Crippen molar-refractivity contribution >= 4 is 17.2 Å². The van der Waals surface area contributed by atoms with E-state index in [0.717, 1.165) is 22.5 Å². The number of ether oxygens (including phenoxy) is 1. The molecular formula is C24H23F4N9O2. The molecule has 1 aliphatic heterocycles. The molecule has 0 aromatic carbocycles. The number of carbonyl (C=O) groups excluding carboxylic acids is 1. The van der Waals surface area contributed by atoms with E-state index >= 15 is 0 Å². The van der Waals surface area contributed by atoms with E-state index in [1.165, 1.54) is 25.7 Å². The number of likely N-dealkylation sites (tertiary alicyclic amines) is 1. The molecule has 0 radical (unpaired) electrons. The molecule has 0 spiro atoms. The van der Waals surface area contributed by atoms with E-state index in [9.17, 15) is 22.4 Å². The third-order valence-corrected chi connectivity index (χ3v) is 6.68. The highest BCUT2D eigenvalue weighted by atomic mass is 19.4. The minimum Gasteiger partial charge on any atom is -0.480 e. The number of rotatable bonds is 6. The van der Waals surface area contributed by atoms with Gasteiger partial charge < -0.3 is 15.8 Å². The van der Waals surface area contributed by atoms with Crippen LogP contribution in [0.5, 0.6) is 5.88 Å². The van der Waals surface area contributed by atoms with Gasteiger partial charge in [-0.25, -0.2) is 28.8 Å². The Labute approximate surface area is 219 Å². The Kier molecular flexibility index (Phi) is 6.76. The largest absolute Gasteiger partial charge is 0.480 e. The summed E-state index contributed by atoms with van der Waals surface area (Å²) in [6.45, 7) is 2.18. The van der Waals surface area contributed by atoms with E-state index in [4.69, 9.17) is 10.5 Å². The maximum atomic E-state index is 15.0. The second-order valence-corrected chi connectivity index (χ2v) is 9.03. The molecule has 0 saturated carbocycles. The lowest BCUT2D eigenvalue weighted by atomic mass is 10.1. The van der Waals surface area contributed by atoms with Crippen LogP contribution in [0.1, 0.15) is 34.5 Å². The Hall–Kier alpha value is -4.40. The summed E-state index contributed by atoms with van der Waals surface area (Å²) in [6, 6.07) is 1.13. The first-order valence-corrected chi connectivity index (χ1v) is 11.8. The SMILES string of the molecule is COc1ncc(-c2cc(C(F)(F)F)c3c(N)ncnn23)cc1C(=O)N[C@@H]1CN(C(C)c2cncnc2)C[C@@H]1F. The van der Waals surface area contributed by atoms with Crippen molar-refractivity contribution in [1.29, 1.82) is 0 Å². The van der Waals surface area contributed by atoms with Crippen molar-refractivity contribution in [2.75, 3.05) is 25.9 Å². The van der Waals surface area contributed by atoms with Crippen molar-refractivity contribution in [3.8, 4) is 17.1 Å². The minimum atomic E-state index is -4.74. The van der Waals surface area contributed by atoms with Crippen LogP contribution < -0.4 is 15.8 Å². The molecule has 5 rings (SSSR count). The molecule has 0 aliphatic carbocycles. The van der Waals surface area contributed by atoms with E-state index in [1.807, 2.05) is 11.8 Å². The first kappa shape index (κ1) is 26.2. The second kappa shape index (κ2) is 10.1. The summed E-state index contributed by atoms with van der Waals surface area (Å²) in [7, 11) is 1.29. The summed E-state index contributed by atoms with van der Waals surface area (Å²) in [5, 5.41) is 6.59. The molecule has 5 heterocycles. The fourth-order valence-electron chi connectivity index (χ4n) is 4.64. The number of nitrogens with zero attached hydrogens (tertiary/aromatic N) is 7. The summed E-state index contributed by atoms with van der Waals surface area (Å²) >= 11 is 0. The normalized spacial score (nSPS) is 18.8. The first-order valence-electron chi connectivity index (χ1n) is 11.8. The number of methoxy groups -OCH3 is 1. The Bertz CT molecular complexity index is 1510. The molecule has 1 aliphatic rings. The number of nitrogens with one attached hydrogen (secondary N) is 1. The number of hydrogen-bond acceptors (Lipinski definition) is 9. The van der Waals surface area contributed by atoms with Gasteiger partial charge in [-0.15, -0.1) is 0 Å². The van der Waals surface area contributed by atoms with Crippen LogP contribution in [0.2, 0.25) is 0 Å². The molecule has 4 aromatic rings. The molecule has 1 fully saturated rings. The van der Waals surface area contributed by atoms with Crippen molar-refractivity contribution < 1.29 is 27.1 Å². The standard InChI is InChI=1S/C24H23F4N9O2/c1-12(14-5-30-10-31-6-14)36-8-17(25)18(9-36)35-22(38)15-3-13(7-32-23(15)39-2)19-4-16(24(26,27)28)20-21(29)33-11-34-37(19)20/h3-7,10-12,17-18H,8-9H2,1-2H3,(H,35,38)(H2,29,33,34)/t12?,17-,18+/m0/s1. The Morgan fingerprint density at radius 1 is 1.15 bits per heavy atom. The van der Waals surface area contributed by atoms with Gasteiger partial charge in [0.05, 0.1) is 24.4 Å². The topological polar surface area (TPSA) is 136 Å². The van der Waals surface area contributed by atoms with Crippen LogP contribution in [0.4, 0.5) is 23.4 Å². The zero-order valence-corrected chi connectivity index (χ0v) is 20.7. The first-order chi connectivity index (χ1) is 18.6. The number of pyridine rings is 1. The lowest BCUT2D eigenvalue weighted by molar-refractivity contribution is -0.136. The zero-order chi connectivity index (χ0) is 27.9. The fraction of sp³-hybridized carbons (Fsp3) is 0.333. The van der Waals surface area contributed by atoms with Gasteiger partial charge in [-0.1, -0.05) is 0 Å². The van der Waals surface area contributed by atoms with Gasteiger partial charge >= 0.3 is 6.18 Å². The van der Waals surface area contributed by atoms with Crippen LogP contribution in [0.15, 0.2) is 43.4 Å². The highest BCUT2D eigenvalue weighted by molar-refractivity contribution is 5.98. The van der Waals surface area contributed by atoms with E-state index in [0.29, 0.717) is 0 Å². The number of alkyl halides is 4. The van der Waals surface area contributed by atoms with Gasteiger partial charge in [0.25, 0.3) is 5.91 Å². The van der Waals surface area contributed by atoms with Crippen molar-refractivity contribution in [3.63, 3.8) is 0 Å². The van der Waals surface area contributed by atoms with Crippen LogP contribution in [0, 0.1) is 0 Å². The van der Waals surface area contributed by atoms with Gasteiger partial charge in [0.15, 0.2) is 5.82 Å². The smallest absolute Gasteiger partial charge is 0.418 e. The Morgan fingerprint density at radius 3 is 2.59 bits per heavy atom. The quantitative estimate of drug-likeness (QED) is 0.351. The highest BCUT2D eigenvalue weighted by Gasteiger charge is 2.38. The highest BCUT2D eigenvalue weighted by Crippen LogP contribution is 2.39. The maximum absolute atomic E-state index is 15.0. The number of carbonyl (C=O) groups is 1. The van der Waals surface area contributed by atoms with Crippen LogP contribution in [-0.2, 0) is 6.18 Å². The number of halogens is 4. The maximum Gasteiger partial charge on any atom is 0.418 e. The second-order valence-electron chi connectivity index (χ2n) is 9.03. The monoisotopic (exact) mass is 545 g/mol. The number of nitrogens with two attached hydrogens (primary N) is 1. The van der Waals surface area contributed by atoms with Gasteiger partial charge in [0.2, 0.25) is 5.88 Å². The molecule has 3 N–H and O–H groups in total. The Balaban J connectivity index is 1.44. The average molecular weight is 546 g/mol. The third-order valence-electron chi connectivity index (χ3n) is 6.68. The summed E-state index contributed by atoms with van der Waals surface area (Å²) < 4.78 is 62.4. The molecule has 1 unspecified atom stereocenters. The molecule has 15 heteroatoms. The van der Waals surface area contributed by atoms with Gasteiger partial charge in [-0.05, 0) is 19.1 Å². The fourth-order valence-corrected chi connectivity index (χ4v) is 4.64. The number of aromatic nitrogens is 6. The number of fused-ring (bicyclic) bond motifs is 1. The molecule has 11 nitrogen and oxygen atoms in total. The molecule has 39 heavy (non-hydrogen) atoms. The van der Waals surface area contributed by atoms with Gasteiger partial charge in [-0.2, -0.15) is 18.3 Å². The molecule has 0 bridgehead atoms. The molecule has 1 saturated heterocycles. The number of amides is 1. The minimum absolute atomic E-state index is 0.0232. The molecular weight excluding hydrogens is 522 g/mol. The van der Waals surface area contributed by atoms with E-state index in [1.54, 1.807) is 12.4 Å². The number of anilines is 1. The lowest BCUT2D eigenvalue weighted by Gasteiger charge is -2.23. The van der Waals surface area contributed by atoms with Crippen LogP contribution in [0.25, 0.3) is 16.8 Å². The van der Waals surface area contributed by atoms with Gasteiger partial charge in [-0.3, -0.25) is 9.69 Å². The van der Waals surface area contributed by atoms with E-state index in [2.05, 4.69) is 30.4 Å². The average Bonchev–Trinajstić information content (AvgIpc) is 3.50. The molecule has 204 valence electrons. The van der Waals surface area contributed by atoms with Crippen LogP contribution in [-0.4, -0.2) is 72.8 Å². The summed E-state index contributed by atoms with van der Waals surface area (Å²) in [6.07, 6.45) is 0.850. The summed E-state index contributed by atoms with van der Waals surface area (Å²) in [4.78, 5) is 30.9. The number of hydrogen-bond donors (Lipinski definition) is 2. The van der Waals surface area contributed by atoms with Crippen molar-refractivity contribution in [1.82, 2.24) is 39.8 Å². The van der Waals surface area contributed by atoms with E-state index < -0.39 is 35.4 Å². The zero-order valence-electron chi connectivity index (χ0n) is 20.7. The van der Waals surface area contributed by atoms with Crippen LogP contribution in [0.3, 0.4) is 0 Å². The van der Waals surface area contributed by atoms with Gasteiger partial charge in [0.1, 0.15) is 29.9 Å². The number of nitrogen functional groups attached to an aromatic ring is 1. The molecule has 3 atom stereocenters. The predicted octanol–water partition coefficient (Wildman–Crippen LogP) is 2.70. The van der Waals surface area contributed by atoms with Crippen molar-refractivity contribution in [3.05, 3.63) is 60.1 Å². The molecule has 1 amide bonds. The van der Waals surface area contributed by atoms with Crippen molar-refractivity contribution in [2.45, 2.75) is 31.4 Å². The summed E-state index contributed by atoms with van der Waals surface area (Å²) in [5.74, 6) is -1.14. The molecule has 4 aromatic heterocycles. The Morgan fingerprint density at radius 2 is 1.90 bits per heavy atom. The predicted molar refractivity (Wildman–Crippen MR) is 130 cm³/mol. The van der Waals surface area contributed by atoms with Gasteiger partial charge in [0, 0.05) is 48.8 Å². The van der Waals surface area contributed by atoms with Crippen LogP contribution >= 0.6 is 0 Å². The third kappa shape index (κ3) is 4.92.